The molecule has 6 aromatic rings. The van der Waals surface area contributed by atoms with E-state index < -0.39 is 67.4 Å². The summed E-state index contributed by atoms with van der Waals surface area (Å²) in [7, 11) is -7.46. The van der Waals surface area contributed by atoms with Gasteiger partial charge in [-0.3, -0.25) is 9.80 Å². The lowest BCUT2D eigenvalue weighted by Gasteiger charge is -2.39. The first-order chi connectivity index (χ1) is 33.2. The van der Waals surface area contributed by atoms with Gasteiger partial charge in [0.25, 0.3) is 0 Å². The van der Waals surface area contributed by atoms with Gasteiger partial charge in [-0.15, -0.1) is 0 Å². The van der Waals surface area contributed by atoms with Crippen LogP contribution in [-0.2, 0) is 42.2 Å². The zero-order valence-electron chi connectivity index (χ0n) is 38.8. The highest BCUT2D eigenvalue weighted by Crippen LogP contribution is 2.54. The van der Waals surface area contributed by atoms with Crippen molar-refractivity contribution in [2.24, 2.45) is 5.92 Å². The molecule has 0 aliphatic carbocycles. The van der Waals surface area contributed by atoms with Crippen LogP contribution in [0, 0.1) is 29.2 Å². The first-order valence-corrected chi connectivity index (χ1v) is 29.6. The molecule has 18 heteroatoms. The smallest absolute Gasteiger partial charge is 0.207 e. The number of ether oxygens (including phenoxy) is 3. The van der Waals surface area contributed by atoms with Crippen LogP contribution in [0.4, 0.5) is 17.6 Å². The molecule has 3 aliphatic heterocycles. The highest BCUT2D eigenvalue weighted by atomic mass is 35.5. The molecule has 0 spiro atoms. The molecule has 6 aromatic carbocycles. The molecule has 70 heavy (non-hydrogen) atoms. The van der Waals surface area contributed by atoms with Gasteiger partial charge in [0.2, 0.25) is 9.84 Å². The molecule has 2 atom stereocenters. The minimum absolute atomic E-state index is 0.0185. The van der Waals surface area contributed by atoms with E-state index >= 15 is 4.39 Å². The second kappa shape index (κ2) is 22.2. The predicted molar refractivity (Wildman–Crippen MR) is 268 cm³/mol. The van der Waals surface area contributed by atoms with Gasteiger partial charge in [-0.25, -0.2) is 34.4 Å². The van der Waals surface area contributed by atoms with Crippen LogP contribution < -0.4 is 9.47 Å². The van der Waals surface area contributed by atoms with Crippen molar-refractivity contribution in [1.82, 2.24) is 9.80 Å². The summed E-state index contributed by atoms with van der Waals surface area (Å²) < 4.78 is 125. The average Bonchev–Trinajstić information content (AvgIpc) is 3.72. The molecule has 0 aromatic heterocycles. The number of likely N-dealkylation sites (tertiary alicyclic amines) is 1. The molecule has 3 heterocycles. The third-order valence-corrected chi connectivity index (χ3v) is 18.1. The Kier molecular flexibility index (Phi) is 16.7. The summed E-state index contributed by atoms with van der Waals surface area (Å²) in [6.07, 6.45) is 2.39. The van der Waals surface area contributed by atoms with E-state index in [0.717, 1.165) is 43.1 Å². The summed E-state index contributed by atoms with van der Waals surface area (Å²) in [5, 5.41) is 0.761. The molecule has 0 radical (unpaired) electrons. The van der Waals surface area contributed by atoms with E-state index in [1.54, 1.807) is 7.11 Å². The number of hydrogen-bond acceptors (Lipinski definition) is 9. The topological polar surface area (TPSA) is 102 Å². The zero-order valence-corrected chi connectivity index (χ0v) is 43.0. The number of sulfone groups is 2. The van der Waals surface area contributed by atoms with Gasteiger partial charge in [-0.05, 0) is 96.2 Å². The minimum Gasteiger partial charge on any atom is -0.490 e. The van der Waals surface area contributed by atoms with Gasteiger partial charge in [-0.1, -0.05) is 104 Å². The van der Waals surface area contributed by atoms with Crippen molar-refractivity contribution >= 4 is 55.9 Å². The summed E-state index contributed by atoms with van der Waals surface area (Å²) >= 11 is 11.7. The van der Waals surface area contributed by atoms with Crippen molar-refractivity contribution in [3.05, 3.63) is 195 Å². The first-order valence-electron chi connectivity index (χ1n) is 22.2. The van der Waals surface area contributed by atoms with Gasteiger partial charge in [0.05, 0.1) is 47.2 Å². The number of rotatable bonds is 12. The normalized spacial score (nSPS) is 17.6. The molecule has 3 aliphatic rings. The van der Waals surface area contributed by atoms with Gasteiger partial charge in [-0.2, -0.15) is 0 Å². The van der Waals surface area contributed by atoms with E-state index in [4.69, 9.17) is 37.4 Å². The third-order valence-electron chi connectivity index (χ3n) is 11.8. The minimum atomic E-state index is -4.14. The molecule has 9 rings (SSSR count). The summed E-state index contributed by atoms with van der Waals surface area (Å²) in [4.78, 5) is 4.01. The van der Waals surface area contributed by atoms with Gasteiger partial charge in [0, 0.05) is 49.3 Å². The molecular formula is C52H52Cl2F4N2O7S2Si. The zero-order chi connectivity index (χ0) is 50.4. The Hall–Kier alpha value is -5.04. The average molecular weight is 1060 g/mol. The summed E-state index contributed by atoms with van der Waals surface area (Å²) in [5.74, 6) is -4.52. The Balaban J connectivity index is 0.000000166. The molecule has 0 bridgehead atoms. The molecule has 0 unspecified atom stereocenters. The van der Waals surface area contributed by atoms with Crippen LogP contribution in [0.3, 0.4) is 0 Å². The van der Waals surface area contributed by atoms with E-state index in [1.165, 1.54) is 66.3 Å². The number of benzene rings is 6. The van der Waals surface area contributed by atoms with Crippen LogP contribution in [0.1, 0.15) is 22.3 Å². The van der Waals surface area contributed by atoms with Crippen LogP contribution in [0.15, 0.2) is 149 Å². The van der Waals surface area contributed by atoms with Crippen molar-refractivity contribution in [3.8, 4) is 11.5 Å². The Morgan fingerprint density at radius 3 is 1.83 bits per heavy atom. The summed E-state index contributed by atoms with van der Waals surface area (Å²) in [6.45, 7) is 9.58. The number of methoxy groups -OCH3 is 1. The second-order valence-electron chi connectivity index (χ2n) is 18.3. The third kappa shape index (κ3) is 11.7. The molecule has 1 saturated heterocycles. The van der Waals surface area contributed by atoms with Crippen molar-refractivity contribution < 1.29 is 48.6 Å². The second-order valence-corrected chi connectivity index (χ2v) is 28.7. The Morgan fingerprint density at radius 2 is 1.24 bits per heavy atom. The molecular weight excluding hydrogens is 1000 g/mol. The van der Waals surface area contributed by atoms with E-state index in [1.807, 2.05) is 35.2 Å². The maximum atomic E-state index is 15.2. The Morgan fingerprint density at radius 1 is 0.700 bits per heavy atom. The van der Waals surface area contributed by atoms with E-state index in [9.17, 15) is 30.0 Å². The van der Waals surface area contributed by atoms with Crippen LogP contribution in [0.2, 0.25) is 29.7 Å². The maximum Gasteiger partial charge on any atom is 0.207 e. The summed E-state index contributed by atoms with van der Waals surface area (Å²) in [6, 6.07) is 35.2. The standard InChI is InChI=1S/C24H20ClF2NO3S.C15H9ClF2O3S.C13H23NOSi/c25-18-6-8-19(9-7-18)32(29,30)24-15-28(12-16-4-2-1-3-5-16)13-17(24)14-31-23-21(27)11-10-20(26)22(23)24;16-9-1-3-10(4-2-9)22(19,20)13-7-8-21-15-12(18)6-5-11(17)14(13)15;1-15-11-14(12-16(2,3)4)10-13-8-6-5-7-9-13/h1-11,17H,12-15H2;1-7H,8H2;5-9H,10-12H2,1-4H3/t17-,24+;;/m1../s1. The molecule has 370 valence electrons. The maximum absolute atomic E-state index is 15.2. The molecule has 0 amide bonds. The van der Waals surface area contributed by atoms with Crippen LogP contribution in [0.25, 0.3) is 4.91 Å². The van der Waals surface area contributed by atoms with Crippen molar-refractivity contribution in [1.29, 1.82) is 0 Å². The lowest BCUT2D eigenvalue weighted by atomic mass is 9.85. The number of nitrogens with zero attached hydrogens (tertiary/aromatic N) is 2. The fourth-order valence-electron chi connectivity index (χ4n) is 8.97. The molecule has 0 N–H and O–H groups in total. The van der Waals surface area contributed by atoms with Crippen molar-refractivity contribution in [2.45, 2.75) is 47.3 Å². The van der Waals surface area contributed by atoms with E-state index in [-0.39, 0.29) is 51.3 Å². The number of fused-ring (bicyclic) bond motifs is 4. The highest BCUT2D eigenvalue weighted by Gasteiger charge is 2.62. The van der Waals surface area contributed by atoms with Crippen molar-refractivity contribution in [3.63, 3.8) is 0 Å². The van der Waals surface area contributed by atoms with Crippen molar-refractivity contribution in [2.75, 3.05) is 46.3 Å². The van der Waals surface area contributed by atoms with Gasteiger partial charge >= 0.3 is 0 Å². The fourth-order valence-corrected chi connectivity index (χ4v) is 14.6. The SMILES string of the molecule is COCN(Cc1ccccc1)C[Si](C)(C)C.O=S(=O)(C1=CCOc2c(F)ccc(F)c21)c1ccc(Cl)cc1.O=S(=O)(c1ccc(Cl)cc1)[C@@]12CN(Cc3ccccc3)C[C@@H]1COc1c(F)ccc(F)c12. The monoisotopic (exact) mass is 1050 g/mol. The van der Waals surface area contributed by atoms with E-state index in [0.29, 0.717) is 23.1 Å². The molecule has 0 saturated carbocycles. The first kappa shape index (κ1) is 52.8. The largest absolute Gasteiger partial charge is 0.490 e. The predicted octanol–water partition coefficient (Wildman–Crippen LogP) is 11.6. The lowest BCUT2D eigenvalue weighted by molar-refractivity contribution is 0.0697. The van der Waals surface area contributed by atoms with Gasteiger partial charge in [0.1, 0.15) is 23.0 Å². The number of halogens is 6. The Labute approximate surface area is 418 Å². The van der Waals surface area contributed by atoms with Gasteiger partial charge < -0.3 is 14.2 Å². The Bertz CT molecular complexity index is 3040. The molecule has 9 nitrogen and oxygen atoms in total. The summed E-state index contributed by atoms with van der Waals surface area (Å²) in [5.41, 5.74) is 1.75. The number of hydrogen-bond donors (Lipinski definition) is 0. The van der Waals surface area contributed by atoms with Crippen LogP contribution in [0.5, 0.6) is 11.5 Å². The molecule has 1 fully saturated rings. The fraction of sp³-hybridized carbons (Fsp3) is 0.269. The lowest BCUT2D eigenvalue weighted by Crippen LogP contribution is -2.49. The van der Waals surface area contributed by atoms with Crippen LogP contribution >= 0.6 is 23.2 Å². The highest BCUT2D eigenvalue weighted by molar-refractivity contribution is 8.00. The van der Waals surface area contributed by atoms with E-state index in [2.05, 4.69) is 54.9 Å². The van der Waals surface area contributed by atoms with Gasteiger partial charge in [0.15, 0.2) is 33.0 Å². The van der Waals surface area contributed by atoms with Crippen LogP contribution in [-0.4, -0.2) is 81.0 Å². The quantitative estimate of drug-likeness (QED) is 0.0673.